The van der Waals surface area contributed by atoms with E-state index in [9.17, 15) is 0 Å². The fraction of sp³-hybridized carbons (Fsp3) is 0. The van der Waals surface area contributed by atoms with Crippen LogP contribution in [-0.2, 0) is 4.57 Å². The molecule has 0 bridgehead atoms. The van der Waals surface area contributed by atoms with E-state index in [0.29, 0.717) is 5.75 Å². The van der Waals surface area contributed by atoms with Crippen LogP contribution in [0, 0.1) is 0 Å². The highest BCUT2D eigenvalue weighted by Crippen LogP contribution is 2.02. The van der Waals surface area contributed by atoms with E-state index >= 15 is 0 Å². The Bertz CT molecular complexity index is 207. The minimum atomic E-state index is -2.87. The van der Waals surface area contributed by atoms with Crippen molar-refractivity contribution in [3.63, 3.8) is 0 Å². The zero-order valence-corrected chi connectivity index (χ0v) is 6.48. The highest BCUT2D eigenvalue weighted by molar-refractivity contribution is 7.30. The molecule has 0 aliphatic rings. The maximum atomic E-state index is 8.70. The molecule has 0 aliphatic carbocycles. The van der Waals surface area contributed by atoms with Gasteiger partial charge in [-0.1, -0.05) is 18.2 Å². The Morgan fingerprint density at radius 1 is 1.09 bits per heavy atom. The fourth-order valence-corrected chi connectivity index (χ4v) is 0.428. The summed E-state index contributed by atoms with van der Waals surface area (Å²) in [7, 11) is -2.87. The fourth-order valence-electron chi connectivity index (χ4n) is 0.428. The molecule has 0 unspecified atom stereocenters. The lowest BCUT2D eigenvalue weighted by Gasteiger charge is -1.82. The van der Waals surface area contributed by atoms with Crippen molar-refractivity contribution < 1.29 is 19.5 Å². The zero-order chi connectivity index (χ0) is 8.69. The van der Waals surface area contributed by atoms with E-state index in [1.807, 2.05) is 6.07 Å². The SMILES string of the molecule is O=[P+](O)O.Oc1ccccc1. The van der Waals surface area contributed by atoms with Crippen molar-refractivity contribution in [2.24, 2.45) is 0 Å². The summed E-state index contributed by atoms with van der Waals surface area (Å²) in [5, 5.41) is 8.63. The Morgan fingerprint density at radius 2 is 1.45 bits per heavy atom. The summed E-state index contributed by atoms with van der Waals surface area (Å²) < 4.78 is 8.70. The lowest BCUT2D eigenvalue weighted by Crippen LogP contribution is -1.56. The molecule has 0 fully saturated rings. The summed E-state index contributed by atoms with van der Waals surface area (Å²) in [4.78, 5) is 14.2. The molecule has 1 aromatic carbocycles. The summed E-state index contributed by atoms with van der Waals surface area (Å²) in [5.41, 5.74) is 0. The van der Waals surface area contributed by atoms with Crippen molar-refractivity contribution in [1.82, 2.24) is 0 Å². The number of hydrogen-bond acceptors (Lipinski definition) is 2. The number of para-hydroxylation sites is 1. The Morgan fingerprint density at radius 3 is 1.64 bits per heavy atom. The maximum absolute atomic E-state index is 8.70. The van der Waals surface area contributed by atoms with Crippen molar-refractivity contribution in [2.45, 2.75) is 0 Å². The van der Waals surface area contributed by atoms with Crippen LogP contribution in [0.15, 0.2) is 30.3 Å². The van der Waals surface area contributed by atoms with E-state index in [1.165, 1.54) is 0 Å². The summed E-state index contributed by atoms with van der Waals surface area (Å²) in [6.07, 6.45) is 0. The standard InChI is InChI=1S/C6H6O.HO3P/c7-6-4-2-1-3-5-6;1-4(2)3/h1-5,7H;(H-,1,2,3)/p+1. The molecule has 0 saturated carbocycles. The van der Waals surface area contributed by atoms with Gasteiger partial charge in [0.2, 0.25) is 0 Å². The van der Waals surface area contributed by atoms with Gasteiger partial charge in [-0.25, -0.2) is 0 Å². The van der Waals surface area contributed by atoms with E-state index in [-0.39, 0.29) is 0 Å². The molecule has 0 radical (unpaired) electrons. The molecule has 0 aromatic heterocycles. The molecule has 60 valence electrons. The highest BCUT2D eigenvalue weighted by atomic mass is 31.1. The molecule has 3 N–H and O–H groups in total. The third-order valence-corrected chi connectivity index (χ3v) is 0.756. The predicted octanol–water partition coefficient (Wildman–Crippen LogP) is 1.02. The Hall–Kier alpha value is -0.960. The van der Waals surface area contributed by atoms with Crippen molar-refractivity contribution in [1.29, 1.82) is 0 Å². The van der Waals surface area contributed by atoms with Crippen LogP contribution in [0.3, 0.4) is 0 Å². The van der Waals surface area contributed by atoms with Crippen LogP contribution in [0.2, 0.25) is 0 Å². The van der Waals surface area contributed by atoms with Gasteiger partial charge in [0, 0.05) is 4.57 Å². The van der Waals surface area contributed by atoms with E-state index in [4.69, 9.17) is 19.5 Å². The van der Waals surface area contributed by atoms with Gasteiger partial charge >= 0.3 is 8.25 Å². The molecular formula is C6H8O4P+. The first-order chi connectivity index (χ1) is 5.13. The Balaban J connectivity index is 0.000000218. The van der Waals surface area contributed by atoms with Crippen molar-refractivity contribution in [2.75, 3.05) is 0 Å². The summed E-state index contributed by atoms with van der Waals surface area (Å²) in [6.45, 7) is 0. The van der Waals surface area contributed by atoms with Gasteiger partial charge in [0.1, 0.15) is 5.75 Å². The first kappa shape index (κ1) is 10.0. The molecule has 0 saturated heterocycles. The van der Waals surface area contributed by atoms with E-state index < -0.39 is 8.25 Å². The van der Waals surface area contributed by atoms with Gasteiger partial charge in [0.05, 0.1) is 0 Å². The molecule has 0 atom stereocenters. The van der Waals surface area contributed by atoms with Gasteiger partial charge in [-0.2, -0.15) is 0 Å². The first-order valence-corrected chi connectivity index (χ1v) is 3.88. The van der Waals surface area contributed by atoms with Crippen LogP contribution in [-0.4, -0.2) is 14.9 Å². The zero-order valence-electron chi connectivity index (χ0n) is 5.58. The van der Waals surface area contributed by atoms with Crippen LogP contribution >= 0.6 is 8.25 Å². The molecule has 1 aromatic rings. The molecule has 11 heavy (non-hydrogen) atoms. The average Bonchev–Trinajstić information content (AvgIpc) is 1.87. The van der Waals surface area contributed by atoms with Gasteiger partial charge in [-0.05, 0) is 12.1 Å². The van der Waals surface area contributed by atoms with Crippen LogP contribution in [0.4, 0.5) is 0 Å². The molecule has 1 rings (SSSR count). The summed E-state index contributed by atoms with van der Waals surface area (Å²) in [6, 6.07) is 8.71. The predicted molar refractivity (Wildman–Crippen MR) is 40.2 cm³/mol. The number of benzene rings is 1. The molecule has 0 amide bonds. The number of phenolic OH excluding ortho intramolecular Hbond substituents is 1. The molecule has 0 spiro atoms. The van der Waals surface area contributed by atoms with Crippen LogP contribution in [0.5, 0.6) is 5.75 Å². The van der Waals surface area contributed by atoms with E-state index in [2.05, 4.69) is 0 Å². The average molecular weight is 175 g/mol. The monoisotopic (exact) mass is 175 g/mol. The van der Waals surface area contributed by atoms with Crippen LogP contribution in [0.1, 0.15) is 0 Å². The molecule has 5 heteroatoms. The smallest absolute Gasteiger partial charge is 0.508 e. The summed E-state index contributed by atoms with van der Waals surface area (Å²) >= 11 is 0. The second-order valence-electron chi connectivity index (χ2n) is 1.59. The van der Waals surface area contributed by atoms with Gasteiger partial charge in [0.25, 0.3) is 0 Å². The topological polar surface area (TPSA) is 77.8 Å². The first-order valence-electron chi connectivity index (χ1n) is 2.72. The van der Waals surface area contributed by atoms with Gasteiger partial charge in [0.15, 0.2) is 0 Å². The van der Waals surface area contributed by atoms with Crippen molar-refractivity contribution >= 4 is 8.25 Å². The lowest BCUT2D eigenvalue weighted by molar-refractivity contribution is 0.405. The van der Waals surface area contributed by atoms with Crippen LogP contribution in [0.25, 0.3) is 0 Å². The molecular weight excluding hydrogens is 167 g/mol. The van der Waals surface area contributed by atoms with Gasteiger partial charge < -0.3 is 5.11 Å². The maximum Gasteiger partial charge on any atom is 0.692 e. The second-order valence-corrected chi connectivity index (χ2v) is 2.09. The lowest BCUT2D eigenvalue weighted by atomic mass is 10.3. The number of aromatic hydroxyl groups is 1. The molecule has 0 heterocycles. The number of rotatable bonds is 0. The Kier molecular flexibility index (Phi) is 5.29. The van der Waals surface area contributed by atoms with E-state index in [0.717, 1.165) is 0 Å². The van der Waals surface area contributed by atoms with Gasteiger partial charge in [-0.3, -0.25) is 0 Å². The minimum Gasteiger partial charge on any atom is -0.508 e. The largest absolute Gasteiger partial charge is 0.692 e. The highest BCUT2D eigenvalue weighted by Gasteiger charge is 1.93. The van der Waals surface area contributed by atoms with E-state index in [1.54, 1.807) is 24.3 Å². The van der Waals surface area contributed by atoms with Crippen molar-refractivity contribution in [3.05, 3.63) is 30.3 Å². The van der Waals surface area contributed by atoms with Gasteiger partial charge in [-0.15, -0.1) is 9.79 Å². The number of phenols is 1. The summed E-state index contributed by atoms with van der Waals surface area (Å²) in [5.74, 6) is 0.322. The number of hydrogen-bond donors (Lipinski definition) is 3. The third-order valence-electron chi connectivity index (χ3n) is 0.756. The normalized spacial score (nSPS) is 7.82. The molecule has 4 nitrogen and oxygen atoms in total. The third kappa shape index (κ3) is 9.04. The second kappa shape index (κ2) is 5.80. The quantitative estimate of drug-likeness (QED) is 0.514. The molecule has 0 aliphatic heterocycles. The van der Waals surface area contributed by atoms with Crippen LogP contribution < -0.4 is 0 Å². The Labute approximate surface area is 64.7 Å². The van der Waals surface area contributed by atoms with Crippen molar-refractivity contribution in [3.8, 4) is 5.75 Å². The minimum absolute atomic E-state index is 0.322.